The first-order valence-corrected chi connectivity index (χ1v) is 7.84. The highest BCUT2D eigenvalue weighted by molar-refractivity contribution is 4.99. The van der Waals surface area contributed by atoms with E-state index in [1.54, 1.807) is 7.11 Å². The van der Waals surface area contributed by atoms with E-state index >= 15 is 0 Å². The summed E-state index contributed by atoms with van der Waals surface area (Å²) in [7, 11) is 3.76. The molecule has 0 saturated heterocycles. The van der Waals surface area contributed by atoms with E-state index in [4.69, 9.17) is 9.26 Å². The molecule has 20 heavy (non-hydrogen) atoms. The van der Waals surface area contributed by atoms with E-state index in [-0.39, 0.29) is 6.10 Å². The Hall–Kier alpha value is -0.940. The van der Waals surface area contributed by atoms with E-state index in [0.717, 1.165) is 24.1 Å². The lowest BCUT2D eigenvalue weighted by molar-refractivity contribution is 0.0751. The van der Waals surface area contributed by atoms with Crippen molar-refractivity contribution < 1.29 is 9.26 Å². The lowest BCUT2D eigenvalue weighted by Crippen LogP contribution is -2.34. The Balaban J connectivity index is 1.63. The average molecular weight is 279 g/mol. The molecule has 5 nitrogen and oxygen atoms in total. The van der Waals surface area contributed by atoms with Gasteiger partial charge in [-0.3, -0.25) is 0 Å². The first-order valence-electron chi connectivity index (χ1n) is 7.84. The molecule has 0 aliphatic heterocycles. The quantitative estimate of drug-likeness (QED) is 0.831. The van der Waals surface area contributed by atoms with Crippen molar-refractivity contribution in [1.29, 1.82) is 0 Å². The Morgan fingerprint density at radius 3 is 2.60 bits per heavy atom. The highest BCUT2D eigenvalue weighted by Gasteiger charge is 2.36. The third-order valence-corrected chi connectivity index (χ3v) is 4.78. The Morgan fingerprint density at radius 1 is 1.25 bits per heavy atom. The van der Waals surface area contributed by atoms with Gasteiger partial charge in [0.15, 0.2) is 0 Å². The van der Waals surface area contributed by atoms with E-state index < -0.39 is 0 Å². The van der Waals surface area contributed by atoms with Gasteiger partial charge in [-0.05, 0) is 44.6 Å². The molecule has 2 aliphatic rings. The van der Waals surface area contributed by atoms with Crippen LogP contribution in [0.4, 0.5) is 0 Å². The minimum Gasteiger partial charge on any atom is -0.373 e. The molecule has 1 aromatic heterocycles. The third kappa shape index (κ3) is 3.04. The monoisotopic (exact) mass is 279 g/mol. The van der Waals surface area contributed by atoms with E-state index in [1.807, 2.05) is 7.05 Å². The highest BCUT2D eigenvalue weighted by Crippen LogP contribution is 2.42. The maximum atomic E-state index is 5.50. The van der Waals surface area contributed by atoms with Crippen molar-refractivity contribution in [3.8, 4) is 0 Å². The largest absolute Gasteiger partial charge is 0.373 e. The van der Waals surface area contributed by atoms with Crippen molar-refractivity contribution in [1.82, 2.24) is 15.5 Å². The Labute approximate surface area is 120 Å². The van der Waals surface area contributed by atoms with Crippen LogP contribution >= 0.6 is 0 Å². The normalized spacial score (nSPS) is 23.1. The van der Waals surface area contributed by atoms with Crippen LogP contribution < -0.4 is 5.32 Å². The number of methoxy groups -OCH3 is 1. The number of rotatable bonds is 7. The number of hydrogen-bond acceptors (Lipinski definition) is 5. The minimum atomic E-state index is 0.0204. The van der Waals surface area contributed by atoms with Crippen molar-refractivity contribution in [3.63, 3.8) is 0 Å². The Morgan fingerprint density at radius 2 is 2.00 bits per heavy atom. The molecule has 1 aromatic rings. The maximum absolute atomic E-state index is 5.50. The van der Waals surface area contributed by atoms with Gasteiger partial charge in [0.2, 0.25) is 11.7 Å². The van der Waals surface area contributed by atoms with Crippen LogP contribution in [0.2, 0.25) is 0 Å². The molecule has 2 aliphatic carbocycles. The summed E-state index contributed by atoms with van der Waals surface area (Å²) in [5.41, 5.74) is 0. The van der Waals surface area contributed by atoms with Crippen LogP contribution in [0.1, 0.15) is 56.3 Å². The summed E-state index contributed by atoms with van der Waals surface area (Å²) >= 11 is 0. The fourth-order valence-electron chi connectivity index (χ4n) is 3.43. The van der Waals surface area contributed by atoms with Crippen molar-refractivity contribution in [2.75, 3.05) is 14.2 Å². The Bertz CT molecular complexity index is 425. The van der Waals surface area contributed by atoms with Gasteiger partial charge < -0.3 is 14.6 Å². The second kappa shape index (κ2) is 6.22. The predicted molar refractivity (Wildman–Crippen MR) is 75.3 cm³/mol. The van der Waals surface area contributed by atoms with Crippen LogP contribution in [-0.2, 0) is 11.2 Å². The molecule has 112 valence electrons. The molecule has 0 bridgehead atoms. The zero-order chi connectivity index (χ0) is 13.9. The molecule has 3 rings (SSSR count). The number of nitrogens with zero attached hydrogens (tertiary/aromatic N) is 2. The van der Waals surface area contributed by atoms with Crippen LogP contribution in [0.15, 0.2) is 4.52 Å². The summed E-state index contributed by atoms with van der Waals surface area (Å²) < 4.78 is 10.9. The third-order valence-electron chi connectivity index (χ3n) is 4.78. The molecule has 0 amide bonds. The number of ether oxygens (including phenoxy) is 1. The van der Waals surface area contributed by atoms with Gasteiger partial charge in [0.25, 0.3) is 0 Å². The summed E-state index contributed by atoms with van der Waals surface area (Å²) in [5.74, 6) is 2.80. The summed E-state index contributed by atoms with van der Waals surface area (Å²) in [6.45, 7) is 0. The predicted octanol–water partition coefficient (Wildman–Crippen LogP) is 2.49. The van der Waals surface area contributed by atoms with Crippen molar-refractivity contribution in [2.45, 2.75) is 57.1 Å². The molecule has 0 radical (unpaired) electrons. The zero-order valence-electron chi connectivity index (χ0n) is 12.5. The van der Waals surface area contributed by atoms with Crippen LogP contribution in [0, 0.1) is 11.8 Å². The molecule has 5 heteroatoms. The standard InChI is InChI=1S/C15H25N3O2/c1-16-12(10-5-3-4-6-10)9-13-17-15(18-20-13)14(19-2)11-7-8-11/h10-12,14,16H,3-9H2,1-2H3. The molecular weight excluding hydrogens is 254 g/mol. The number of aromatic nitrogens is 2. The molecule has 2 atom stereocenters. The van der Waals surface area contributed by atoms with E-state index in [9.17, 15) is 0 Å². The smallest absolute Gasteiger partial charge is 0.228 e. The van der Waals surface area contributed by atoms with Gasteiger partial charge in [-0.2, -0.15) is 4.98 Å². The molecule has 2 saturated carbocycles. The minimum absolute atomic E-state index is 0.0204. The van der Waals surface area contributed by atoms with Crippen LogP contribution in [-0.4, -0.2) is 30.3 Å². The highest BCUT2D eigenvalue weighted by atomic mass is 16.5. The summed E-state index contributed by atoms with van der Waals surface area (Å²) in [5, 5.41) is 7.54. The molecule has 1 heterocycles. The topological polar surface area (TPSA) is 60.2 Å². The van der Waals surface area contributed by atoms with E-state index in [1.165, 1.54) is 38.5 Å². The van der Waals surface area contributed by atoms with Crippen LogP contribution in [0.5, 0.6) is 0 Å². The van der Waals surface area contributed by atoms with Gasteiger partial charge >= 0.3 is 0 Å². The van der Waals surface area contributed by atoms with Gasteiger partial charge in [0.05, 0.1) is 0 Å². The lowest BCUT2D eigenvalue weighted by atomic mass is 9.95. The first-order chi connectivity index (χ1) is 9.81. The Kier molecular flexibility index (Phi) is 4.36. The first kappa shape index (κ1) is 14.0. The summed E-state index contributed by atoms with van der Waals surface area (Å²) in [6.07, 6.45) is 8.61. The number of nitrogens with one attached hydrogen (secondary N) is 1. The molecule has 0 aromatic carbocycles. The van der Waals surface area contributed by atoms with E-state index in [2.05, 4.69) is 15.5 Å². The van der Waals surface area contributed by atoms with Crippen molar-refractivity contribution in [3.05, 3.63) is 11.7 Å². The lowest BCUT2D eigenvalue weighted by Gasteiger charge is -2.20. The van der Waals surface area contributed by atoms with E-state index in [0.29, 0.717) is 12.0 Å². The van der Waals surface area contributed by atoms with Crippen molar-refractivity contribution in [2.24, 2.45) is 11.8 Å². The van der Waals surface area contributed by atoms with Crippen LogP contribution in [0.3, 0.4) is 0 Å². The molecule has 2 fully saturated rings. The fourth-order valence-corrected chi connectivity index (χ4v) is 3.43. The second-order valence-electron chi connectivity index (χ2n) is 6.18. The average Bonchev–Trinajstić information content (AvgIpc) is 2.97. The van der Waals surface area contributed by atoms with Gasteiger partial charge in [-0.25, -0.2) is 0 Å². The van der Waals surface area contributed by atoms with Gasteiger partial charge in [0.1, 0.15) is 6.10 Å². The number of hydrogen-bond donors (Lipinski definition) is 1. The molecule has 1 N–H and O–H groups in total. The zero-order valence-corrected chi connectivity index (χ0v) is 12.5. The summed E-state index contributed by atoms with van der Waals surface area (Å²) in [6, 6.07) is 0.452. The van der Waals surface area contributed by atoms with Gasteiger partial charge in [-0.15, -0.1) is 0 Å². The van der Waals surface area contributed by atoms with Gasteiger partial charge in [0, 0.05) is 19.6 Å². The van der Waals surface area contributed by atoms with Crippen molar-refractivity contribution >= 4 is 0 Å². The SMILES string of the molecule is CNC(Cc1nc(C(OC)C2CC2)no1)C1CCCC1. The molecule has 0 spiro atoms. The second-order valence-corrected chi connectivity index (χ2v) is 6.18. The fraction of sp³-hybridized carbons (Fsp3) is 0.867. The maximum Gasteiger partial charge on any atom is 0.228 e. The summed E-state index contributed by atoms with van der Waals surface area (Å²) in [4.78, 5) is 4.56. The molecule has 2 unspecified atom stereocenters. The van der Waals surface area contributed by atoms with Crippen LogP contribution in [0.25, 0.3) is 0 Å². The molecular formula is C15H25N3O2. The number of likely N-dealkylation sites (N-methyl/N-ethyl adjacent to an activating group) is 1. The van der Waals surface area contributed by atoms with Gasteiger partial charge in [-0.1, -0.05) is 18.0 Å².